The molecule has 0 spiro atoms. The van der Waals surface area contributed by atoms with Gasteiger partial charge in [-0.2, -0.15) is 0 Å². The van der Waals surface area contributed by atoms with Gasteiger partial charge in [0.2, 0.25) is 5.91 Å². The molecule has 2 heterocycles. The highest BCUT2D eigenvalue weighted by Gasteiger charge is 2.20. The van der Waals surface area contributed by atoms with Gasteiger partial charge in [0, 0.05) is 13.1 Å². The summed E-state index contributed by atoms with van der Waals surface area (Å²) in [5, 5.41) is 3.11. The number of amides is 1. The van der Waals surface area contributed by atoms with E-state index < -0.39 is 0 Å². The van der Waals surface area contributed by atoms with E-state index in [9.17, 15) is 4.79 Å². The highest BCUT2D eigenvalue weighted by atomic mass is 16.3. The molecule has 0 radical (unpaired) electrons. The van der Waals surface area contributed by atoms with E-state index in [1.165, 1.54) is 6.42 Å². The van der Waals surface area contributed by atoms with E-state index in [1.54, 1.807) is 6.26 Å². The summed E-state index contributed by atoms with van der Waals surface area (Å²) in [5.74, 6) is 1.70. The minimum Gasteiger partial charge on any atom is -0.468 e. The first-order valence-corrected chi connectivity index (χ1v) is 6.26. The first-order valence-electron chi connectivity index (χ1n) is 6.26. The van der Waals surface area contributed by atoms with E-state index in [2.05, 4.69) is 12.2 Å². The highest BCUT2D eigenvalue weighted by molar-refractivity contribution is 5.78. The maximum Gasteiger partial charge on any atom is 0.236 e. The molecule has 1 saturated heterocycles. The van der Waals surface area contributed by atoms with Crippen LogP contribution in [0.4, 0.5) is 0 Å². The summed E-state index contributed by atoms with van der Waals surface area (Å²) >= 11 is 0. The molecule has 1 aliphatic rings. The van der Waals surface area contributed by atoms with Gasteiger partial charge in [0.05, 0.1) is 19.4 Å². The van der Waals surface area contributed by atoms with Crippen LogP contribution < -0.4 is 5.32 Å². The lowest BCUT2D eigenvalue weighted by Crippen LogP contribution is -2.43. The maximum atomic E-state index is 11.9. The van der Waals surface area contributed by atoms with Crippen LogP contribution in [0.25, 0.3) is 0 Å². The summed E-state index contributed by atoms with van der Waals surface area (Å²) in [6.45, 7) is 5.03. The van der Waals surface area contributed by atoms with Gasteiger partial charge in [0.1, 0.15) is 5.76 Å². The molecule has 0 aromatic carbocycles. The molecule has 1 unspecified atom stereocenters. The number of hydrogen-bond acceptors (Lipinski definition) is 3. The highest BCUT2D eigenvalue weighted by Crippen LogP contribution is 2.15. The topological polar surface area (TPSA) is 45.5 Å². The molecule has 1 aromatic rings. The fraction of sp³-hybridized carbons (Fsp3) is 0.615. The van der Waals surface area contributed by atoms with Crippen molar-refractivity contribution in [1.29, 1.82) is 0 Å². The average molecular weight is 236 g/mol. The quantitative estimate of drug-likeness (QED) is 0.864. The molecule has 94 valence electrons. The number of furan rings is 1. The van der Waals surface area contributed by atoms with E-state index in [0.29, 0.717) is 19.0 Å². The standard InChI is InChI=1S/C13H20N2O2/c1-11-4-2-6-15(10-11)13(16)9-14-8-12-5-3-7-17-12/h3,5,7,11,14H,2,4,6,8-10H2,1H3. The van der Waals surface area contributed by atoms with Crippen LogP contribution in [0.1, 0.15) is 25.5 Å². The van der Waals surface area contributed by atoms with Crippen LogP contribution in [0, 0.1) is 5.92 Å². The maximum absolute atomic E-state index is 11.9. The van der Waals surface area contributed by atoms with Crippen LogP contribution >= 0.6 is 0 Å². The Labute approximate surface area is 102 Å². The number of hydrogen-bond donors (Lipinski definition) is 1. The van der Waals surface area contributed by atoms with Crippen LogP contribution in [0.3, 0.4) is 0 Å². The van der Waals surface area contributed by atoms with E-state index in [1.807, 2.05) is 17.0 Å². The number of nitrogens with zero attached hydrogens (tertiary/aromatic N) is 1. The molecular formula is C13H20N2O2. The van der Waals surface area contributed by atoms with Gasteiger partial charge in [-0.3, -0.25) is 4.79 Å². The van der Waals surface area contributed by atoms with Crippen molar-refractivity contribution < 1.29 is 9.21 Å². The van der Waals surface area contributed by atoms with E-state index in [-0.39, 0.29) is 5.91 Å². The van der Waals surface area contributed by atoms with Crippen molar-refractivity contribution in [2.75, 3.05) is 19.6 Å². The predicted octanol–water partition coefficient (Wildman–Crippen LogP) is 1.63. The lowest BCUT2D eigenvalue weighted by atomic mass is 10.0. The summed E-state index contributed by atoms with van der Waals surface area (Å²) in [5.41, 5.74) is 0. The molecule has 4 nitrogen and oxygen atoms in total. The van der Waals surface area contributed by atoms with Gasteiger partial charge >= 0.3 is 0 Å². The van der Waals surface area contributed by atoms with Crippen LogP contribution in [0.5, 0.6) is 0 Å². The molecule has 1 amide bonds. The van der Waals surface area contributed by atoms with Gasteiger partial charge in [-0.25, -0.2) is 0 Å². The third kappa shape index (κ3) is 3.60. The molecule has 17 heavy (non-hydrogen) atoms. The number of rotatable bonds is 4. The summed E-state index contributed by atoms with van der Waals surface area (Å²) in [6, 6.07) is 3.76. The van der Waals surface area contributed by atoms with Crippen molar-refractivity contribution >= 4 is 5.91 Å². The van der Waals surface area contributed by atoms with Gasteiger partial charge in [0.15, 0.2) is 0 Å². The van der Waals surface area contributed by atoms with Gasteiger partial charge < -0.3 is 14.6 Å². The first-order chi connectivity index (χ1) is 8.25. The Morgan fingerprint density at radius 1 is 1.65 bits per heavy atom. The Morgan fingerprint density at radius 3 is 3.24 bits per heavy atom. The van der Waals surface area contributed by atoms with Gasteiger partial charge in [0.25, 0.3) is 0 Å². The van der Waals surface area contributed by atoms with Crippen molar-refractivity contribution in [3.63, 3.8) is 0 Å². The fourth-order valence-electron chi connectivity index (χ4n) is 2.23. The number of likely N-dealkylation sites (tertiary alicyclic amines) is 1. The fourth-order valence-corrected chi connectivity index (χ4v) is 2.23. The Hall–Kier alpha value is -1.29. The molecular weight excluding hydrogens is 216 g/mol. The predicted molar refractivity (Wildman–Crippen MR) is 65.4 cm³/mol. The molecule has 1 atom stereocenters. The second-order valence-electron chi connectivity index (χ2n) is 4.77. The molecule has 1 aliphatic heterocycles. The molecule has 0 saturated carbocycles. The average Bonchev–Trinajstić information content (AvgIpc) is 2.82. The van der Waals surface area contributed by atoms with Crippen LogP contribution in [-0.4, -0.2) is 30.4 Å². The second-order valence-corrected chi connectivity index (χ2v) is 4.77. The molecule has 1 N–H and O–H groups in total. The lowest BCUT2D eigenvalue weighted by Gasteiger charge is -2.31. The molecule has 1 fully saturated rings. The molecule has 0 aliphatic carbocycles. The normalized spacial score (nSPS) is 20.5. The van der Waals surface area contributed by atoms with Crippen LogP contribution in [0.15, 0.2) is 22.8 Å². The van der Waals surface area contributed by atoms with E-state index in [0.717, 1.165) is 25.3 Å². The van der Waals surface area contributed by atoms with Crippen molar-refractivity contribution in [1.82, 2.24) is 10.2 Å². The lowest BCUT2D eigenvalue weighted by molar-refractivity contribution is -0.131. The van der Waals surface area contributed by atoms with Crippen molar-refractivity contribution in [2.45, 2.75) is 26.3 Å². The zero-order valence-corrected chi connectivity index (χ0v) is 10.3. The zero-order chi connectivity index (χ0) is 12.1. The van der Waals surface area contributed by atoms with Crippen LogP contribution in [0.2, 0.25) is 0 Å². The molecule has 1 aromatic heterocycles. The van der Waals surface area contributed by atoms with Gasteiger partial charge in [-0.15, -0.1) is 0 Å². The van der Waals surface area contributed by atoms with E-state index in [4.69, 9.17) is 4.42 Å². The number of nitrogens with one attached hydrogen (secondary N) is 1. The summed E-state index contributed by atoms with van der Waals surface area (Å²) < 4.78 is 5.19. The van der Waals surface area contributed by atoms with Crippen molar-refractivity contribution in [2.24, 2.45) is 5.92 Å². The van der Waals surface area contributed by atoms with Crippen molar-refractivity contribution in [3.05, 3.63) is 24.2 Å². The largest absolute Gasteiger partial charge is 0.468 e. The van der Waals surface area contributed by atoms with E-state index >= 15 is 0 Å². The SMILES string of the molecule is CC1CCCN(C(=O)CNCc2ccco2)C1. The van der Waals surface area contributed by atoms with Crippen LogP contribution in [-0.2, 0) is 11.3 Å². The van der Waals surface area contributed by atoms with Crippen molar-refractivity contribution in [3.8, 4) is 0 Å². The number of carbonyl (C=O) groups is 1. The second kappa shape index (κ2) is 5.87. The Balaban J connectivity index is 1.70. The third-order valence-corrected chi connectivity index (χ3v) is 3.17. The number of piperidine rings is 1. The Kier molecular flexibility index (Phi) is 4.20. The first kappa shape index (κ1) is 12.2. The molecule has 4 heteroatoms. The minimum atomic E-state index is 0.197. The molecule has 0 bridgehead atoms. The Morgan fingerprint density at radius 2 is 2.53 bits per heavy atom. The minimum absolute atomic E-state index is 0.197. The summed E-state index contributed by atoms with van der Waals surface area (Å²) in [6.07, 6.45) is 4.01. The monoisotopic (exact) mass is 236 g/mol. The third-order valence-electron chi connectivity index (χ3n) is 3.17. The van der Waals surface area contributed by atoms with Gasteiger partial charge in [-0.1, -0.05) is 6.92 Å². The zero-order valence-electron chi connectivity index (χ0n) is 10.3. The Bertz CT molecular complexity index is 348. The number of carbonyl (C=O) groups excluding carboxylic acids is 1. The summed E-state index contributed by atoms with van der Waals surface area (Å²) in [4.78, 5) is 13.9. The van der Waals surface area contributed by atoms with Gasteiger partial charge in [-0.05, 0) is 30.9 Å². The molecule has 2 rings (SSSR count). The smallest absolute Gasteiger partial charge is 0.236 e. The summed E-state index contributed by atoms with van der Waals surface area (Å²) in [7, 11) is 0.